The van der Waals surface area contributed by atoms with Crippen molar-refractivity contribution in [3.8, 4) is 16.9 Å². The van der Waals surface area contributed by atoms with Gasteiger partial charge in [0.15, 0.2) is 5.78 Å². The monoisotopic (exact) mass is 341 g/mol. The van der Waals surface area contributed by atoms with Gasteiger partial charge >= 0.3 is 0 Å². The Bertz CT molecular complexity index is 793. The fraction of sp³-hybridized carbons (Fsp3) is 0.0625. The average Bonchev–Trinajstić information content (AvgIpc) is 2.97. The molecule has 1 aromatic heterocycles. The van der Waals surface area contributed by atoms with Gasteiger partial charge in [0.25, 0.3) is 0 Å². The normalized spacial score (nSPS) is 10.6. The van der Waals surface area contributed by atoms with Crippen molar-refractivity contribution >= 4 is 21.7 Å². The number of carbonyl (C=O) groups is 1. The predicted molar refractivity (Wildman–Crippen MR) is 84.5 cm³/mol. The Balaban J connectivity index is 2.07. The summed E-state index contributed by atoms with van der Waals surface area (Å²) < 4.78 is 2.73. The second-order valence-electron chi connectivity index (χ2n) is 4.61. The van der Waals surface area contributed by atoms with E-state index < -0.39 is 0 Å². The van der Waals surface area contributed by atoms with Crippen LogP contribution in [0.2, 0.25) is 0 Å². The molecule has 0 fully saturated rings. The molecule has 3 rings (SSSR count). The minimum atomic E-state index is 0.0474. The molecule has 0 aliphatic heterocycles. The number of carbonyl (C=O) groups excluding carboxylic acids is 1. The third-order valence-corrected chi connectivity index (χ3v) is 3.91. The highest BCUT2D eigenvalue weighted by molar-refractivity contribution is 9.10. The number of nitrogens with zero attached hydrogens (tertiary/aromatic N) is 3. The van der Waals surface area contributed by atoms with Gasteiger partial charge in [-0.05, 0) is 37.3 Å². The van der Waals surface area contributed by atoms with Gasteiger partial charge in [-0.3, -0.25) is 4.79 Å². The van der Waals surface area contributed by atoms with Crippen LogP contribution in [0.15, 0.2) is 59.2 Å². The standard InChI is InChI=1S/C16H12BrN3O/c1-11(21)12-6-8-13(9-7-12)20-16(10-18-19-20)14-4-2-3-5-15(14)17/h2-10H,1H3. The molecular weight excluding hydrogens is 330 g/mol. The molecule has 4 nitrogen and oxygen atoms in total. The molecule has 0 spiro atoms. The van der Waals surface area contributed by atoms with Gasteiger partial charge in [-0.1, -0.05) is 39.3 Å². The van der Waals surface area contributed by atoms with E-state index in [0.717, 1.165) is 21.4 Å². The summed E-state index contributed by atoms with van der Waals surface area (Å²) in [5.74, 6) is 0.0474. The van der Waals surface area contributed by atoms with Crippen molar-refractivity contribution in [1.29, 1.82) is 0 Å². The molecule has 0 unspecified atom stereocenters. The van der Waals surface area contributed by atoms with Crippen LogP contribution in [0.5, 0.6) is 0 Å². The van der Waals surface area contributed by atoms with Gasteiger partial charge in [-0.15, -0.1) is 5.10 Å². The van der Waals surface area contributed by atoms with Gasteiger partial charge in [0.05, 0.1) is 17.6 Å². The highest BCUT2D eigenvalue weighted by atomic mass is 79.9. The second kappa shape index (κ2) is 5.61. The van der Waals surface area contributed by atoms with Crippen LogP contribution in [0.25, 0.3) is 16.9 Å². The van der Waals surface area contributed by atoms with Crippen LogP contribution in [0, 0.1) is 0 Å². The first-order valence-electron chi connectivity index (χ1n) is 6.44. The number of aromatic nitrogens is 3. The van der Waals surface area contributed by atoms with Crippen molar-refractivity contribution in [2.24, 2.45) is 0 Å². The molecule has 0 saturated carbocycles. The summed E-state index contributed by atoms with van der Waals surface area (Å²) in [6.07, 6.45) is 1.72. The zero-order valence-corrected chi connectivity index (χ0v) is 12.9. The minimum Gasteiger partial charge on any atom is -0.295 e. The zero-order chi connectivity index (χ0) is 14.8. The Morgan fingerprint density at radius 3 is 2.48 bits per heavy atom. The molecule has 0 atom stereocenters. The van der Waals surface area contributed by atoms with E-state index in [0.29, 0.717) is 5.56 Å². The van der Waals surface area contributed by atoms with Gasteiger partial charge in [-0.2, -0.15) is 0 Å². The molecule has 2 aromatic carbocycles. The molecule has 3 aromatic rings. The number of hydrogen-bond donors (Lipinski definition) is 0. The first-order chi connectivity index (χ1) is 10.2. The SMILES string of the molecule is CC(=O)c1ccc(-n2nncc2-c2ccccc2Br)cc1. The van der Waals surface area contributed by atoms with Crippen LogP contribution < -0.4 is 0 Å². The number of benzene rings is 2. The summed E-state index contributed by atoms with van der Waals surface area (Å²) in [5, 5.41) is 8.14. The quantitative estimate of drug-likeness (QED) is 0.678. The molecule has 0 bridgehead atoms. The highest BCUT2D eigenvalue weighted by Gasteiger charge is 2.11. The maximum absolute atomic E-state index is 11.3. The lowest BCUT2D eigenvalue weighted by atomic mass is 10.1. The lowest BCUT2D eigenvalue weighted by Gasteiger charge is -2.08. The first kappa shape index (κ1) is 13.7. The van der Waals surface area contributed by atoms with E-state index in [1.54, 1.807) is 29.9 Å². The Labute approximate surface area is 130 Å². The molecule has 0 saturated heterocycles. The van der Waals surface area contributed by atoms with E-state index in [1.807, 2.05) is 36.4 Å². The van der Waals surface area contributed by atoms with E-state index in [1.165, 1.54) is 0 Å². The minimum absolute atomic E-state index is 0.0474. The van der Waals surface area contributed by atoms with Crippen LogP contribution >= 0.6 is 15.9 Å². The van der Waals surface area contributed by atoms with E-state index in [2.05, 4.69) is 26.2 Å². The summed E-state index contributed by atoms with van der Waals surface area (Å²) in [6.45, 7) is 1.55. The fourth-order valence-electron chi connectivity index (χ4n) is 2.12. The van der Waals surface area contributed by atoms with Crippen molar-refractivity contribution in [2.75, 3.05) is 0 Å². The zero-order valence-electron chi connectivity index (χ0n) is 11.3. The molecule has 104 valence electrons. The van der Waals surface area contributed by atoms with Gasteiger partial charge < -0.3 is 0 Å². The largest absolute Gasteiger partial charge is 0.295 e. The molecule has 0 aliphatic rings. The molecular formula is C16H12BrN3O. The number of hydrogen-bond acceptors (Lipinski definition) is 3. The van der Waals surface area contributed by atoms with Crippen LogP contribution in [0.4, 0.5) is 0 Å². The van der Waals surface area contributed by atoms with E-state index >= 15 is 0 Å². The third-order valence-electron chi connectivity index (χ3n) is 3.22. The van der Waals surface area contributed by atoms with Crippen molar-refractivity contribution in [3.05, 3.63) is 64.8 Å². The van der Waals surface area contributed by atoms with E-state index in [4.69, 9.17) is 0 Å². The molecule has 0 N–H and O–H groups in total. The highest BCUT2D eigenvalue weighted by Crippen LogP contribution is 2.28. The lowest BCUT2D eigenvalue weighted by Crippen LogP contribution is -2.00. The Kier molecular flexibility index (Phi) is 3.66. The molecule has 21 heavy (non-hydrogen) atoms. The van der Waals surface area contributed by atoms with Gasteiger partial charge in [0.2, 0.25) is 0 Å². The Hall–Kier alpha value is -2.27. The average molecular weight is 342 g/mol. The molecule has 0 amide bonds. The lowest BCUT2D eigenvalue weighted by molar-refractivity contribution is 0.101. The smallest absolute Gasteiger partial charge is 0.159 e. The molecule has 1 heterocycles. The molecule has 0 aliphatic carbocycles. The van der Waals surface area contributed by atoms with E-state index in [-0.39, 0.29) is 5.78 Å². The molecule has 5 heteroatoms. The number of ketones is 1. The first-order valence-corrected chi connectivity index (χ1v) is 7.23. The number of rotatable bonds is 3. The number of Topliss-reactive ketones (excluding diaryl/α,β-unsaturated/α-hetero) is 1. The van der Waals surface area contributed by atoms with Crippen LogP contribution in [-0.2, 0) is 0 Å². The summed E-state index contributed by atoms with van der Waals surface area (Å²) in [7, 11) is 0. The maximum atomic E-state index is 11.3. The van der Waals surface area contributed by atoms with Crippen molar-refractivity contribution < 1.29 is 4.79 Å². The second-order valence-corrected chi connectivity index (χ2v) is 5.47. The van der Waals surface area contributed by atoms with Crippen LogP contribution in [0.1, 0.15) is 17.3 Å². The fourth-order valence-corrected chi connectivity index (χ4v) is 2.60. The van der Waals surface area contributed by atoms with Gasteiger partial charge in [-0.25, -0.2) is 4.68 Å². The van der Waals surface area contributed by atoms with Crippen LogP contribution in [0.3, 0.4) is 0 Å². The van der Waals surface area contributed by atoms with Crippen molar-refractivity contribution in [2.45, 2.75) is 6.92 Å². The number of halogens is 1. The summed E-state index contributed by atoms with van der Waals surface area (Å²) in [6, 6.07) is 15.2. The van der Waals surface area contributed by atoms with Crippen LogP contribution in [-0.4, -0.2) is 20.8 Å². The maximum Gasteiger partial charge on any atom is 0.159 e. The van der Waals surface area contributed by atoms with Crippen molar-refractivity contribution in [1.82, 2.24) is 15.0 Å². The summed E-state index contributed by atoms with van der Waals surface area (Å²) >= 11 is 3.54. The van der Waals surface area contributed by atoms with Gasteiger partial charge in [0.1, 0.15) is 0 Å². The Morgan fingerprint density at radius 1 is 1.10 bits per heavy atom. The summed E-state index contributed by atoms with van der Waals surface area (Å²) in [5.41, 5.74) is 3.45. The predicted octanol–water partition coefficient (Wildman–Crippen LogP) is 3.90. The van der Waals surface area contributed by atoms with Crippen molar-refractivity contribution in [3.63, 3.8) is 0 Å². The topological polar surface area (TPSA) is 47.8 Å². The van der Waals surface area contributed by atoms with E-state index in [9.17, 15) is 4.79 Å². The van der Waals surface area contributed by atoms with Gasteiger partial charge in [0, 0.05) is 15.6 Å². The molecule has 0 radical (unpaired) electrons. The Morgan fingerprint density at radius 2 is 1.81 bits per heavy atom. The summed E-state index contributed by atoms with van der Waals surface area (Å²) in [4.78, 5) is 11.3. The third kappa shape index (κ3) is 2.64.